The number of rotatable bonds is 6. The van der Waals surface area contributed by atoms with E-state index in [1.807, 2.05) is 30.3 Å². The minimum Gasteiger partial charge on any atom is -0.394 e. The Kier molecular flexibility index (Phi) is 4.37. The molecule has 2 N–H and O–H groups in total. The van der Waals surface area contributed by atoms with Crippen LogP contribution >= 0.6 is 0 Å². The fourth-order valence-electron chi connectivity index (χ4n) is 2.13. The van der Waals surface area contributed by atoms with E-state index >= 15 is 0 Å². The maximum absolute atomic E-state index is 12.0. The first-order valence-electron chi connectivity index (χ1n) is 6.26. The molecule has 0 heterocycles. The van der Waals surface area contributed by atoms with Gasteiger partial charge in [0.15, 0.2) is 0 Å². The van der Waals surface area contributed by atoms with Crippen LogP contribution in [0.25, 0.3) is 0 Å². The Bertz CT molecular complexity index is 468. The standard InChI is InChI=1S/C13H19NO3S/c15-9-13(12-7-2-1-3-8-12)14-18(16,17)10-11-5-4-6-11/h1-3,7-8,11,13-15H,4-6,9-10H2. The number of sulfonamides is 1. The summed E-state index contributed by atoms with van der Waals surface area (Å²) in [6.07, 6.45) is 3.12. The van der Waals surface area contributed by atoms with Crippen LogP contribution in [0.3, 0.4) is 0 Å². The summed E-state index contributed by atoms with van der Waals surface area (Å²) in [6, 6.07) is 8.60. The number of aliphatic hydroxyl groups excluding tert-OH is 1. The van der Waals surface area contributed by atoms with E-state index in [9.17, 15) is 13.5 Å². The summed E-state index contributed by atoms with van der Waals surface area (Å²) in [7, 11) is -3.31. The van der Waals surface area contributed by atoms with E-state index in [0.29, 0.717) is 0 Å². The van der Waals surface area contributed by atoms with Crippen molar-refractivity contribution in [2.45, 2.75) is 25.3 Å². The highest BCUT2D eigenvalue weighted by molar-refractivity contribution is 7.89. The molecule has 0 bridgehead atoms. The smallest absolute Gasteiger partial charge is 0.212 e. The average molecular weight is 269 g/mol. The van der Waals surface area contributed by atoms with Crippen molar-refractivity contribution in [1.82, 2.24) is 4.72 Å². The Morgan fingerprint density at radius 2 is 1.94 bits per heavy atom. The van der Waals surface area contributed by atoms with E-state index in [1.165, 1.54) is 0 Å². The molecule has 1 aromatic rings. The predicted molar refractivity (Wildman–Crippen MR) is 70.5 cm³/mol. The van der Waals surface area contributed by atoms with Crippen molar-refractivity contribution in [1.29, 1.82) is 0 Å². The summed E-state index contributed by atoms with van der Waals surface area (Å²) in [5.74, 6) is 0.466. The van der Waals surface area contributed by atoms with E-state index in [-0.39, 0.29) is 18.3 Å². The quantitative estimate of drug-likeness (QED) is 0.821. The van der Waals surface area contributed by atoms with Crippen LogP contribution in [0.4, 0.5) is 0 Å². The Balaban J connectivity index is 2.01. The molecule has 0 amide bonds. The number of hydrogen-bond donors (Lipinski definition) is 2. The molecule has 1 fully saturated rings. The van der Waals surface area contributed by atoms with Crippen LogP contribution in [0.5, 0.6) is 0 Å². The Morgan fingerprint density at radius 3 is 2.44 bits per heavy atom. The lowest BCUT2D eigenvalue weighted by molar-refractivity contribution is 0.258. The second kappa shape index (κ2) is 5.82. The second-order valence-corrected chi connectivity index (χ2v) is 6.64. The monoisotopic (exact) mass is 269 g/mol. The highest BCUT2D eigenvalue weighted by Gasteiger charge is 2.26. The fourth-order valence-corrected chi connectivity index (χ4v) is 3.82. The van der Waals surface area contributed by atoms with Crippen LogP contribution in [0.2, 0.25) is 0 Å². The van der Waals surface area contributed by atoms with Crippen LogP contribution in [0.15, 0.2) is 30.3 Å². The molecule has 0 radical (unpaired) electrons. The highest BCUT2D eigenvalue weighted by Crippen LogP contribution is 2.27. The lowest BCUT2D eigenvalue weighted by Gasteiger charge is -2.26. The van der Waals surface area contributed by atoms with Gasteiger partial charge in [-0.25, -0.2) is 13.1 Å². The Hall–Kier alpha value is -0.910. The maximum atomic E-state index is 12.0. The number of nitrogens with one attached hydrogen (secondary N) is 1. The number of hydrogen-bond acceptors (Lipinski definition) is 3. The minimum atomic E-state index is -3.31. The summed E-state index contributed by atoms with van der Waals surface area (Å²) < 4.78 is 26.5. The van der Waals surface area contributed by atoms with Crippen LogP contribution in [-0.4, -0.2) is 25.9 Å². The van der Waals surface area contributed by atoms with Crippen molar-refractivity contribution in [3.63, 3.8) is 0 Å². The largest absolute Gasteiger partial charge is 0.394 e. The molecule has 1 aromatic carbocycles. The summed E-state index contributed by atoms with van der Waals surface area (Å²) in [5.41, 5.74) is 0.789. The van der Waals surface area contributed by atoms with Gasteiger partial charge in [-0.2, -0.15) is 0 Å². The van der Waals surface area contributed by atoms with Gasteiger partial charge < -0.3 is 5.11 Å². The maximum Gasteiger partial charge on any atom is 0.212 e. The fraction of sp³-hybridized carbons (Fsp3) is 0.538. The zero-order valence-corrected chi connectivity index (χ0v) is 11.1. The normalized spacial score (nSPS) is 18.3. The topological polar surface area (TPSA) is 66.4 Å². The van der Waals surface area contributed by atoms with Crippen LogP contribution < -0.4 is 4.72 Å². The third kappa shape index (κ3) is 3.54. The first-order valence-corrected chi connectivity index (χ1v) is 7.92. The van der Waals surface area contributed by atoms with Gasteiger partial charge in [0, 0.05) is 0 Å². The van der Waals surface area contributed by atoms with Gasteiger partial charge in [0.05, 0.1) is 18.4 Å². The third-order valence-corrected chi connectivity index (χ3v) is 4.94. The summed E-state index contributed by atoms with van der Waals surface area (Å²) in [6.45, 7) is -0.228. The molecular formula is C13H19NO3S. The molecule has 1 aliphatic carbocycles. The van der Waals surface area contributed by atoms with Gasteiger partial charge in [-0.3, -0.25) is 0 Å². The van der Waals surface area contributed by atoms with Gasteiger partial charge in [0.25, 0.3) is 0 Å². The molecule has 5 heteroatoms. The van der Waals surface area contributed by atoms with E-state index < -0.39 is 16.1 Å². The van der Waals surface area contributed by atoms with E-state index in [4.69, 9.17) is 0 Å². The molecule has 100 valence electrons. The van der Waals surface area contributed by atoms with Gasteiger partial charge >= 0.3 is 0 Å². The first kappa shape index (κ1) is 13.5. The van der Waals surface area contributed by atoms with Crippen molar-refractivity contribution in [3.8, 4) is 0 Å². The molecule has 0 aliphatic heterocycles. The van der Waals surface area contributed by atoms with Crippen molar-refractivity contribution >= 4 is 10.0 Å². The van der Waals surface area contributed by atoms with Gasteiger partial charge in [0.2, 0.25) is 10.0 Å². The zero-order chi connectivity index (χ0) is 13.0. The molecule has 1 atom stereocenters. The first-order chi connectivity index (χ1) is 8.61. The van der Waals surface area contributed by atoms with Crippen molar-refractivity contribution < 1.29 is 13.5 Å². The van der Waals surface area contributed by atoms with Gasteiger partial charge in [-0.05, 0) is 24.3 Å². The van der Waals surface area contributed by atoms with Crippen molar-refractivity contribution in [2.75, 3.05) is 12.4 Å². The van der Waals surface area contributed by atoms with E-state index in [1.54, 1.807) is 0 Å². The Labute approximate surface area is 108 Å². The molecule has 1 unspecified atom stereocenters. The molecular weight excluding hydrogens is 250 g/mol. The minimum absolute atomic E-state index is 0.177. The summed E-state index contributed by atoms with van der Waals surface area (Å²) >= 11 is 0. The lowest BCUT2D eigenvalue weighted by Crippen LogP contribution is -2.36. The SMILES string of the molecule is O=S(=O)(CC1CCC1)NC(CO)c1ccccc1. The van der Waals surface area contributed by atoms with Crippen LogP contribution in [0, 0.1) is 5.92 Å². The highest BCUT2D eigenvalue weighted by atomic mass is 32.2. The summed E-state index contributed by atoms with van der Waals surface area (Å²) in [4.78, 5) is 0. The average Bonchev–Trinajstić information content (AvgIpc) is 2.32. The number of benzene rings is 1. The molecule has 0 aromatic heterocycles. The van der Waals surface area contributed by atoms with Gasteiger partial charge in [0.1, 0.15) is 0 Å². The Morgan fingerprint density at radius 1 is 1.28 bits per heavy atom. The van der Waals surface area contributed by atoms with Gasteiger partial charge in [-0.15, -0.1) is 0 Å². The van der Waals surface area contributed by atoms with Crippen molar-refractivity contribution in [3.05, 3.63) is 35.9 Å². The summed E-state index contributed by atoms with van der Waals surface area (Å²) in [5, 5.41) is 9.32. The van der Waals surface area contributed by atoms with Crippen LogP contribution in [0.1, 0.15) is 30.9 Å². The van der Waals surface area contributed by atoms with Crippen LogP contribution in [-0.2, 0) is 10.0 Å². The third-order valence-electron chi connectivity index (χ3n) is 3.39. The molecule has 4 nitrogen and oxygen atoms in total. The molecule has 18 heavy (non-hydrogen) atoms. The van der Waals surface area contributed by atoms with E-state index in [0.717, 1.165) is 24.8 Å². The molecule has 0 saturated heterocycles. The number of aliphatic hydroxyl groups is 1. The molecule has 2 rings (SSSR count). The second-order valence-electron chi connectivity index (χ2n) is 4.84. The molecule has 1 aliphatic rings. The lowest BCUT2D eigenvalue weighted by atomic mass is 9.87. The molecule has 1 saturated carbocycles. The molecule has 0 spiro atoms. The predicted octanol–water partition coefficient (Wildman–Crippen LogP) is 1.44. The zero-order valence-electron chi connectivity index (χ0n) is 10.2. The van der Waals surface area contributed by atoms with E-state index in [2.05, 4.69) is 4.72 Å². The van der Waals surface area contributed by atoms with Crippen molar-refractivity contribution in [2.24, 2.45) is 5.92 Å². The van der Waals surface area contributed by atoms with Gasteiger partial charge in [-0.1, -0.05) is 36.8 Å².